The van der Waals surface area contributed by atoms with Crippen molar-refractivity contribution in [3.8, 4) is 0 Å². The summed E-state index contributed by atoms with van der Waals surface area (Å²) in [5.74, 6) is -0.892. The van der Waals surface area contributed by atoms with E-state index in [2.05, 4.69) is 26.6 Å². The first kappa shape index (κ1) is 21.8. The summed E-state index contributed by atoms with van der Waals surface area (Å²) < 4.78 is 0.794. The standard InChI is InChI=1S/C25H22BrN3O3/c1-25(19-13-8-14-20(26)15-19)23(31)29(24(32)28-25)16-21(30)27-22(17-9-4-2-5-10-17)18-11-6-3-7-12-18/h2-15,22H,16H2,1H3,(H,27,30)(H,28,32). The number of carbonyl (C=O) groups is 3. The van der Waals surface area contributed by atoms with Crippen molar-refractivity contribution in [1.82, 2.24) is 15.5 Å². The van der Waals surface area contributed by atoms with Gasteiger partial charge in [-0.05, 0) is 35.7 Å². The summed E-state index contributed by atoms with van der Waals surface area (Å²) in [6.45, 7) is 1.27. The smallest absolute Gasteiger partial charge is 0.325 e. The molecular formula is C25H22BrN3O3. The van der Waals surface area contributed by atoms with Crippen LogP contribution in [-0.4, -0.2) is 29.3 Å². The molecule has 1 heterocycles. The van der Waals surface area contributed by atoms with E-state index in [0.29, 0.717) is 5.56 Å². The Hall–Kier alpha value is -3.45. The van der Waals surface area contributed by atoms with E-state index in [9.17, 15) is 14.4 Å². The third-order valence-electron chi connectivity index (χ3n) is 5.55. The van der Waals surface area contributed by atoms with Crippen molar-refractivity contribution in [2.45, 2.75) is 18.5 Å². The van der Waals surface area contributed by atoms with Crippen LogP contribution in [0, 0.1) is 0 Å². The molecule has 2 N–H and O–H groups in total. The number of benzene rings is 3. The average Bonchev–Trinajstić information content (AvgIpc) is 3.02. The Morgan fingerprint density at radius 1 is 0.969 bits per heavy atom. The molecule has 32 heavy (non-hydrogen) atoms. The zero-order valence-electron chi connectivity index (χ0n) is 17.4. The van der Waals surface area contributed by atoms with Gasteiger partial charge in [0.25, 0.3) is 5.91 Å². The van der Waals surface area contributed by atoms with Gasteiger partial charge in [0.1, 0.15) is 12.1 Å². The summed E-state index contributed by atoms with van der Waals surface area (Å²) in [6, 6.07) is 25.3. The van der Waals surface area contributed by atoms with Gasteiger partial charge in [0.15, 0.2) is 0 Å². The van der Waals surface area contributed by atoms with Crippen LogP contribution in [0.5, 0.6) is 0 Å². The maximum absolute atomic E-state index is 13.2. The summed E-state index contributed by atoms with van der Waals surface area (Å²) in [6.07, 6.45) is 0. The van der Waals surface area contributed by atoms with Crippen LogP contribution in [-0.2, 0) is 15.1 Å². The first-order valence-electron chi connectivity index (χ1n) is 10.2. The number of halogens is 1. The molecule has 0 radical (unpaired) electrons. The highest BCUT2D eigenvalue weighted by molar-refractivity contribution is 9.10. The Balaban J connectivity index is 1.54. The maximum Gasteiger partial charge on any atom is 0.325 e. The van der Waals surface area contributed by atoms with Crippen LogP contribution in [0.15, 0.2) is 89.4 Å². The Morgan fingerprint density at radius 3 is 2.12 bits per heavy atom. The second-order valence-electron chi connectivity index (χ2n) is 7.78. The van der Waals surface area contributed by atoms with Crippen LogP contribution < -0.4 is 10.6 Å². The van der Waals surface area contributed by atoms with E-state index in [0.717, 1.165) is 20.5 Å². The zero-order chi connectivity index (χ0) is 22.7. The molecule has 1 fully saturated rings. The van der Waals surface area contributed by atoms with E-state index in [1.165, 1.54) is 0 Å². The minimum atomic E-state index is -1.24. The van der Waals surface area contributed by atoms with E-state index in [4.69, 9.17) is 0 Å². The summed E-state index contributed by atoms with van der Waals surface area (Å²) in [4.78, 5) is 39.7. The van der Waals surface area contributed by atoms with E-state index in [-0.39, 0.29) is 6.54 Å². The van der Waals surface area contributed by atoms with Crippen LogP contribution in [0.25, 0.3) is 0 Å². The lowest BCUT2D eigenvalue weighted by molar-refractivity contribution is -0.135. The van der Waals surface area contributed by atoms with Crippen LogP contribution in [0.1, 0.15) is 29.7 Å². The molecule has 0 spiro atoms. The number of imide groups is 1. The topological polar surface area (TPSA) is 78.5 Å². The van der Waals surface area contributed by atoms with Gasteiger partial charge in [-0.1, -0.05) is 88.7 Å². The molecule has 1 aliphatic heterocycles. The van der Waals surface area contributed by atoms with Gasteiger partial charge in [-0.25, -0.2) is 4.79 Å². The van der Waals surface area contributed by atoms with E-state index >= 15 is 0 Å². The molecule has 1 unspecified atom stereocenters. The van der Waals surface area contributed by atoms with Gasteiger partial charge in [-0.15, -0.1) is 0 Å². The second-order valence-corrected chi connectivity index (χ2v) is 8.69. The molecular weight excluding hydrogens is 470 g/mol. The van der Waals surface area contributed by atoms with Crippen molar-refractivity contribution < 1.29 is 14.4 Å². The molecule has 1 saturated heterocycles. The normalized spacial score (nSPS) is 18.0. The van der Waals surface area contributed by atoms with E-state index in [1.807, 2.05) is 66.7 Å². The van der Waals surface area contributed by atoms with Crippen LogP contribution in [0.3, 0.4) is 0 Å². The maximum atomic E-state index is 13.2. The van der Waals surface area contributed by atoms with Gasteiger partial charge in [-0.3, -0.25) is 14.5 Å². The largest absolute Gasteiger partial charge is 0.344 e. The van der Waals surface area contributed by atoms with E-state index < -0.39 is 29.4 Å². The number of nitrogens with zero attached hydrogens (tertiary/aromatic N) is 1. The third-order valence-corrected chi connectivity index (χ3v) is 6.04. The second kappa shape index (κ2) is 8.96. The quantitative estimate of drug-likeness (QED) is 0.509. The van der Waals surface area contributed by atoms with Gasteiger partial charge in [-0.2, -0.15) is 0 Å². The summed E-state index contributed by atoms with van der Waals surface area (Å²) in [7, 11) is 0. The molecule has 0 aromatic heterocycles. The molecule has 0 aliphatic carbocycles. The van der Waals surface area contributed by atoms with Crippen molar-refractivity contribution in [3.05, 3.63) is 106 Å². The Kier molecular flexibility index (Phi) is 6.10. The Labute approximate surface area is 194 Å². The first-order chi connectivity index (χ1) is 15.4. The van der Waals surface area contributed by atoms with Crippen molar-refractivity contribution in [3.63, 3.8) is 0 Å². The van der Waals surface area contributed by atoms with Crippen LogP contribution >= 0.6 is 15.9 Å². The number of nitrogens with one attached hydrogen (secondary N) is 2. The van der Waals surface area contributed by atoms with Crippen molar-refractivity contribution >= 4 is 33.8 Å². The highest BCUT2D eigenvalue weighted by atomic mass is 79.9. The fourth-order valence-corrected chi connectivity index (χ4v) is 4.24. The monoisotopic (exact) mass is 491 g/mol. The molecule has 0 bridgehead atoms. The zero-order valence-corrected chi connectivity index (χ0v) is 19.0. The molecule has 4 rings (SSSR count). The lowest BCUT2D eigenvalue weighted by Crippen LogP contribution is -2.44. The average molecular weight is 492 g/mol. The molecule has 6 nitrogen and oxygen atoms in total. The minimum Gasteiger partial charge on any atom is -0.344 e. The molecule has 162 valence electrons. The molecule has 4 amide bonds. The van der Waals surface area contributed by atoms with Crippen molar-refractivity contribution in [2.75, 3.05) is 6.54 Å². The lowest BCUT2D eigenvalue weighted by Gasteiger charge is -2.23. The fourth-order valence-electron chi connectivity index (χ4n) is 3.84. The lowest BCUT2D eigenvalue weighted by atomic mass is 9.92. The molecule has 3 aromatic carbocycles. The van der Waals surface area contributed by atoms with Crippen molar-refractivity contribution in [1.29, 1.82) is 0 Å². The van der Waals surface area contributed by atoms with Crippen molar-refractivity contribution in [2.24, 2.45) is 0 Å². The summed E-state index contributed by atoms with van der Waals surface area (Å²) in [5.41, 5.74) is 1.21. The third kappa shape index (κ3) is 4.29. The molecule has 3 aromatic rings. The fraction of sp³-hybridized carbons (Fsp3) is 0.160. The number of carbonyl (C=O) groups excluding carboxylic acids is 3. The minimum absolute atomic E-state index is 0.371. The van der Waals surface area contributed by atoms with Crippen LogP contribution in [0.4, 0.5) is 4.79 Å². The van der Waals surface area contributed by atoms with Crippen LogP contribution in [0.2, 0.25) is 0 Å². The molecule has 7 heteroatoms. The SMILES string of the molecule is CC1(c2cccc(Br)c2)NC(=O)N(CC(=O)NC(c2ccccc2)c2ccccc2)C1=O. The Morgan fingerprint density at radius 2 is 1.56 bits per heavy atom. The highest BCUT2D eigenvalue weighted by Crippen LogP contribution is 2.30. The highest BCUT2D eigenvalue weighted by Gasteiger charge is 2.49. The number of rotatable bonds is 6. The molecule has 0 saturated carbocycles. The predicted molar refractivity (Wildman–Crippen MR) is 125 cm³/mol. The van der Waals surface area contributed by atoms with Gasteiger partial charge in [0.2, 0.25) is 5.91 Å². The molecule has 1 aliphatic rings. The van der Waals surface area contributed by atoms with Gasteiger partial charge < -0.3 is 10.6 Å². The predicted octanol–water partition coefficient (Wildman–Crippen LogP) is 4.12. The molecule has 1 atom stereocenters. The van der Waals surface area contributed by atoms with Gasteiger partial charge >= 0.3 is 6.03 Å². The Bertz CT molecular complexity index is 1110. The number of hydrogen-bond donors (Lipinski definition) is 2. The first-order valence-corrected chi connectivity index (χ1v) is 11.0. The number of hydrogen-bond acceptors (Lipinski definition) is 3. The van der Waals surface area contributed by atoms with Gasteiger partial charge in [0, 0.05) is 4.47 Å². The number of urea groups is 1. The number of amides is 4. The van der Waals surface area contributed by atoms with E-state index in [1.54, 1.807) is 25.1 Å². The summed E-state index contributed by atoms with van der Waals surface area (Å²) in [5, 5.41) is 5.71. The van der Waals surface area contributed by atoms with Gasteiger partial charge in [0.05, 0.1) is 6.04 Å². The summed E-state index contributed by atoms with van der Waals surface area (Å²) >= 11 is 3.39.